The highest BCUT2D eigenvalue weighted by Crippen LogP contribution is 2.33. The van der Waals surface area contributed by atoms with Crippen LogP contribution in [0.15, 0.2) is 18.2 Å². The Morgan fingerprint density at radius 2 is 2.05 bits per heavy atom. The molecule has 0 radical (unpaired) electrons. The van der Waals surface area contributed by atoms with Crippen LogP contribution in [0.2, 0.25) is 0 Å². The first-order valence-electron chi connectivity index (χ1n) is 6.21. The zero-order valence-corrected chi connectivity index (χ0v) is 12.2. The molecule has 0 spiro atoms. The summed E-state index contributed by atoms with van der Waals surface area (Å²) in [5.74, 6) is -0.808. The molecule has 0 aliphatic rings. The van der Waals surface area contributed by atoms with Crippen molar-refractivity contribution < 1.29 is 9.31 Å². The quantitative estimate of drug-likeness (QED) is 0.606. The van der Waals surface area contributed by atoms with Crippen LogP contribution in [-0.4, -0.2) is 22.5 Å². The predicted octanol–water partition coefficient (Wildman–Crippen LogP) is 4.07. The fourth-order valence-electron chi connectivity index (χ4n) is 1.96. The Balaban J connectivity index is 2.95. The van der Waals surface area contributed by atoms with Crippen LogP contribution < -0.4 is 5.32 Å². The minimum absolute atomic E-state index is 0.0141. The van der Waals surface area contributed by atoms with Crippen LogP contribution in [-0.2, 0) is 0 Å². The van der Waals surface area contributed by atoms with Gasteiger partial charge in [-0.25, -0.2) is 0 Å². The molecule has 0 heterocycles. The van der Waals surface area contributed by atoms with Gasteiger partial charge in [0.2, 0.25) is 5.82 Å². The lowest BCUT2D eigenvalue weighted by Crippen LogP contribution is -2.32. The number of rotatable bonds is 7. The van der Waals surface area contributed by atoms with Crippen molar-refractivity contribution in [3.05, 3.63) is 34.1 Å². The second kappa shape index (κ2) is 6.75. The second-order valence-corrected chi connectivity index (χ2v) is 5.62. The molecule has 0 fully saturated rings. The van der Waals surface area contributed by atoms with Gasteiger partial charge in [0.1, 0.15) is 5.69 Å². The molecule has 4 nitrogen and oxygen atoms in total. The van der Waals surface area contributed by atoms with Gasteiger partial charge in [0.25, 0.3) is 0 Å². The molecule has 6 heteroatoms. The molecule has 1 rings (SSSR count). The third kappa shape index (κ3) is 3.59. The van der Waals surface area contributed by atoms with Crippen molar-refractivity contribution in [3.63, 3.8) is 0 Å². The molecule has 19 heavy (non-hydrogen) atoms. The van der Waals surface area contributed by atoms with Gasteiger partial charge in [-0.15, -0.1) is 0 Å². The van der Waals surface area contributed by atoms with E-state index in [4.69, 9.17) is 0 Å². The summed E-state index contributed by atoms with van der Waals surface area (Å²) in [5.41, 5.74) is -0.241. The van der Waals surface area contributed by atoms with Crippen molar-refractivity contribution in [3.8, 4) is 0 Å². The first-order chi connectivity index (χ1) is 8.99. The van der Waals surface area contributed by atoms with Gasteiger partial charge >= 0.3 is 5.69 Å². The highest BCUT2D eigenvalue weighted by atomic mass is 32.2. The summed E-state index contributed by atoms with van der Waals surface area (Å²) in [5, 5.41) is 13.9. The van der Waals surface area contributed by atoms with E-state index in [1.807, 2.05) is 6.26 Å². The normalized spacial score (nSPS) is 11.4. The number of hydrogen-bond acceptors (Lipinski definition) is 4. The lowest BCUT2D eigenvalue weighted by Gasteiger charge is -2.30. The number of para-hydroxylation sites is 1. The fourth-order valence-corrected chi connectivity index (χ4v) is 2.75. The highest BCUT2D eigenvalue weighted by molar-refractivity contribution is 8.00. The molecular formula is C13H19FN2O2S. The first kappa shape index (κ1) is 15.8. The number of hydrogen-bond donors (Lipinski definition) is 1. The lowest BCUT2D eigenvalue weighted by atomic mass is 10.0. The molecule has 0 atom stereocenters. The number of anilines is 1. The van der Waals surface area contributed by atoms with E-state index in [0.29, 0.717) is 6.54 Å². The van der Waals surface area contributed by atoms with Crippen molar-refractivity contribution in [2.24, 2.45) is 0 Å². The van der Waals surface area contributed by atoms with Crippen molar-refractivity contribution >= 4 is 23.1 Å². The number of nitro groups is 1. The summed E-state index contributed by atoms with van der Waals surface area (Å²) < 4.78 is 13.5. The Morgan fingerprint density at radius 1 is 1.42 bits per heavy atom. The number of thioether (sulfide) groups is 1. The van der Waals surface area contributed by atoms with Crippen LogP contribution >= 0.6 is 11.8 Å². The molecule has 0 amide bonds. The number of nitro benzene ring substituents is 1. The monoisotopic (exact) mass is 286 g/mol. The van der Waals surface area contributed by atoms with E-state index in [9.17, 15) is 14.5 Å². The molecular weight excluding hydrogens is 267 g/mol. The topological polar surface area (TPSA) is 55.2 Å². The molecule has 1 N–H and O–H groups in total. The summed E-state index contributed by atoms with van der Waals surface area (Å²) in [6.07, 6.45) is 3.91. The smallest absolute Gasteiger partial charge is 0.327 e. The summed E-state index contributed by atoms with van der Waals surface area (Å²) >= 11 is 1.73. The van der Waals surface area contributed by atoms with Gasteiger partial charge in [0.15, 0.2) is 0 Å². The predicted molar refractivity (Wildman–Crippen MR) is 78.4 cm³/mol. The molecule has 0 bridgehead atoms. The number of benzene rings is 1. The zero-order chi connectivity index (χ0) is 14.5. The van der Waals surface area contributed by atoms with Crippen molar-refractivity contribution in [1.29, 1.82) is 0 Å². The molecule has 0 saturated carbocycles. The second-order valence-electron chi connectivity index (χ2n) is 4.34. The van der Waals surface area contributed by atoms with Crippen LogP contribution in [0.25, 0.3) is 0 Å². The summed E-state index contributed by atoms with van der Waals surface area (Å²) in [6, 6.07) is 4.12. The van der Waals surface area contributed by atoms with Gasteiger partial charge < -0.3 is 5.32 Å². The largest absolute Gasteiger partial charge is 0.378 e. The fraction of sp³-hybridized carbons (Fsp3) is 0.538. The molecule has 0 aliphatic heterocycles. The molecule has 0 unspecified atom stereocenters. The molecule has 0 saturated heterocycles. The molecule has 0 aromatic heterocycles. The molecule has 1 aromatic rings. The molecule has 1 aromatic carbocycles. The van der Waals surface area contributed by atoms with Gasteiger partial charge in [0.05, 0.1) is 4.92 Å². The number of nitrogens with one attached hydrogen (secondary N) is 1. The molecule has 0 aliphatic carbocycles. The van der Waals surface area contributed by atoms with Crippen molar-refractivity contribution in [1.82, 2.24) is 0 Å². The average molecular weight is 286 g/mol. The number of halogens is 1. The lowest BCUT2D eigenvalue weighted by molar-refractivity contribution is -0.386. The number of nitrogens with zero attached hydrogens (tertiary/aromatic N) is 1. The maximum absolute atomic E-state index is 13.5. The standard InChI is InChI=1S/C13H19FN2O2S/c1-4-13(5-2,19-3)9-15-11-8-6-7-10(14)12(11)16(17)18/h6-8,15H,4-5,9H2,1-3H3. The Hall–Kier alpha value is -1.30. The molecule has 106 valence electrons. The van der Waals surface area contributed by atoms with Crippen molar-refractivity contribution in [2.45, 2.75) is 31.4 Å². The summed E-state index contributed by atoms with van der Waals surface area (Å²) in [4.78, 5) is 10.2. The third-order valence-corrected chi connectivity index (χ3v) is 5.08. The van der Waals surface area contributed by atoms with E-state index in [1.165, 1.54) is 12.1 Å². The maximum atomic E-state index is 13.5. The van der Waals surface area contributed by atoms with E-state index < -0.39 is 16.4 Å². The van der Waals surface area contributed by atoms with Crippen LogP contribution in [0, 0.1) is 15.9 Å². The third-order valence-electron chi connectivity index (χ3n) is 3.49. The van der Waals surface area contributed by atoms with Gasteiger partial charge in [-0.3, -0.25) is 10.1 Å². The van der Waals surface area contributed by atoms with Gasteiger partial charge in [-0.1, -0.05) is 19.9 Å². The van der Waals surface area contributed by atoms with E-state index in [2.05, 4.69) is 19.2 Å². The first-order valence-corrected chi connectivity index (χ1v) is 7.44. The van der Waals surface area contributed by atoms with Gasteiger partial charge in [-0.05, 0) is 31.2 Å². The van der Waals surface area contributed by atoms with E-state index >= 15 is 0 Å². The van der Waals surface area contributed by atoms with E-state index in [0.717, 1.165) is 18.9 Å². The van der Waals surface area contributed by atoms with Gasteiger partial charge in [-0.2, -0.15) is 16.2 Å². The van der Waals surface area contributed by atoms with E-state index in [1.54, 1.807) is 11.8 Å². The summed E-state index contributed by atoms with van der Waals surface area (Å²) in [7, 11) is 0. The van der Waals surface area contributed by atoms with Crippen LogP contribution in [0.4, 0.5) is 15.8 Å². The Bertz CT molecular complexity index is 442. The Kier molecular flexibility index (Phi) is 5.60. The minimum Gasteiger partial charge on any atom is -0.378 e. The van der Waals surface area contributed by atoms with Gasteiger partial charge in [0, 0.05) is 11.3 Å². The van der Waals surface area contributed by atoms with Crippen molar-refractivity contribution in [2.75, 3.05) is 18.1 Å². The SMILES string of the molecule is CCC(CC)(CNc1cccc(F)c1[N+](=O)[O-])SC. The van der Waals surface area contributed by atoms with E-state index in [-0.39, 0.29) is 10.4 Å². The highest BCUT2D eigenvalue weighted by Gasteiger charge is 2.27. The maximum Gasteiger partial charge on any atom is 0.327 e. The minimum atomic E-state index is -0.808. The summed E-state index contributed by atoms with van der Waals surface area (Å²) in [6.45, 7) is 4.74. The Labute approximate surface area is 116 Å². The average Bonchev–Trinajstić information content (AvgIpc) is 2.40. The Morgan fingerprint density at radius 3 is 2.53 bits per heavy atom. The van der Waals surface area contributed by atoms with Crippen LogP contribution in [0.5, 0.6) is 0 Å². The van der Waals surface area contributed by atoms with Crippen LogP contribution in [0.3, 0.4) is 0 Å². The van der Waals surface area contributed by atoms with Crippen LogP contribution in [0.1, 0.15) is 26.7 Å². The zero-order valence-electron chi connectivity index (χ0n) is 11.4.